The van der Waals surface area contributed by atoms with Crippen LogP contribution in [0.15, 0.2) is 12.1 Å². The van der Waals surface area contributed by atoms with Crippen LogP contribution in [0.3, 0.4) is 0 Å². The second-order valence-electron chi connectivity index (χ2n) is 4.47. The summed E-state index contributed by atoms with van der Waals surface area (Å²) < 4.78 is 0. The van der Waals surface area contributed by atoms with Crippen molar-refractivity contribution in [2.24, 2.45) is 0 Å². The van der Waals surface area contributed by atoms with Crippen LogP contribution in [0, 0.1) is 20.8 Å². The highest BCUT2D eigenvalue weighted by atomic mass is 16.3. The minimum Gasteiger partial charge on any atom is -0.394 e. The Bertz CT molecular complexity index is 321. The largest absolute Gasteiger partial charge is 0.394 e. The third kappa shape index (κ3) is 2.58. The van der Waals surface area contributed by atoms with Gasteiger partial charge in [-0.2, -0.15) is 0 Å². The van der Waals surface area contributed by atoms with Crippen molar-refractivity contribution in [2.45, 2.75) is 26.8 Å². The number of aliphatic hydroxyl groups excluding tert-OH is 1. The van der Waals surface area contributed by atoms with Gasteiger partial charge in [-0.3, -0.25) is 0 Å². The first-order valence-corrected chi connectivity index (χ1v) is 5.32. The van der Waals surface area contributed by atoms with Crippen LogP contribution < -0.4 is 0 Å². The van der Waals surface area contributed by atoms with E-state index in [0.29, 0.717) is 0 Å². The van der Waals surface area contributed by atoms with Crippen molar-refractivity contribution in [1.82, 2.24) is 4.90 Å². The number of hydrogen-bond donors (Lipinski definition) is 1. The summed E-state index contributed by atoms with van der Waals surface area (Å²) in [5.41, 5.74) is 5.07. The minimum absolute atomic E-state index is 0.102. The molecule has 1 rings (SSSR count). The minimum atomic E-state index is 0.102. The summed E-state index contributed by atoms with van der Waals surface area (Å²) >= 11 is 0. The van der Waals surface area contributed by atoms with Crippen LogP contribution in [0.4, 0.5) is 0 Å². The van der Waals surface area contributed by atoms with Crippen molar-refractivity contribution in [3.05, 3.63) is 34.4 Å². The van der Waals surface area contributed by atoms with Crippen molar-refractivity contribution in [3.8, 4) is 0 Å². The third-order valence-electron chi connectivity index (χ3n) is 2.87. The molecule has 1 N–H and O–H groups in total. The van der Waals surface area contributed by atoms with Gasteiger partial charge in [0, 0.05) is 0 Å². The first-order chi connectivity index (χ1) is 6.97. The number of nitrogens with zero attached hydrogens (tertiary/aromatic N) is 1. The predicted molar refractivity (Wildman–Crippen MR) is 64.2 cm³/mol. The summed E-state index contributed by atoms with van der Waals surface area (Å²) in [6.07, 6.45) is 0. The molecule has 15 heavy (non-hydrogen) atoms. The highest BCUT2D eigenvalue weighted by Gasteiger charge is 2.17. The molecular weight excluding hydrogens is 186 g/mol. The SMILES string of the molecule is Cc1cc(C)c(C(CO)N(C)C)c(C)c1. The zero-order valence-corrected chi connectivity index (χ0v) is 10.3. The predicted octanol–water partition coefficient (Wildman–Crippen LogP) is 2.21. The molecule has 0 aliphatic rings. The second kappa shape index (κ2) is 4.77. The van der Waals surface area contributed by atoms with E-state index in [9.17, 15) is 5.11 Å². The number of aliphatic hydroxyl groups is 1. The lowest BCUT2D eigenvalue weighted by Crippen LogP contribution is -2.24. The van der Waals surface area contributed by atoms with E-state index in [2.05, 4.69) is 37.8 Å². The topological polar surface area (TPSA) is 23.5 Å². The lowest BCUT2D eigenvalue weighted by Gasteiger charge is -2.26. The zero-order valence-electron chi connectivity index (χ0n) is 10.3. The van der Waals surface area contributed by atoms with Crippen LogP contribution in [0.1, 0.15) is 28.3 Å². The third-order valence-corrected chi connectivity index (χ3v) is 2.87. The van der Waals surface area contributed by atoms with E-state index < -0.39 is 0 Å². The van der Waals surface area contributed by atoms with Gasteiger partial charge >= 0.3 is 0 Å². The molecule has 0 aromatic heterocycles. The van der Waals surface area contributed by atoms with E-state index in [-0.39, 0.29) is 12.6 Å². The number of benzene rings is 1. The van der Waals surface area contributed by atoms with E-state index in [1.54, 1.807) is 0 Å². The molecule has 1 aromatic rings. The average Bonchev–Trinajstić information content (AvgIpc) is 2.09. The fourth-order valence-corrected chi connectivity index (χ4v) is 2.23. The Labute approximate surface area is 92.5 Å². The normalized spacial score (nSPS) is 13.3. The van der Waals surface area contributed by atoms with Crippen molar-refractivity contribution >= 4 is 0 Å². The average molecular weight is 207 g/mol. The van der Waals surface area contributed by atoms with Crippen LogP contribution in [0.5, 0.6) is 0 Å². The molecule has 0 saturated heterocycles. The van der Waals surface area contributed by atoms with E-state index >= 15 is 0 Å². The number of likely N-dealkylation sites (N-methyl/N-ethyl adjacent to an activating group) is 1. The van der Waals surface area contributed by atoms with Gasteiger partial charge in [0.1, 0.15) is 0 Å². The molecule has 0 amide bonds. The summed E-state index contributed by atoms with van der Waals surface area (Å²) in [6, 6.07) is 4.45. The van der Waals surface area contributed by atoms with Crippen molar-refractivity contribution in [2.75, 3.05) is 20.7 Å². The highest BCUT2D eigenvalue weighted by Crippen LogP contribution is 2.26. The standard InChI is InChI=1S/C13H21NO/c1-9-6-10(2)13(11(3)7-9)12(8-15)14(4)5/h6-7,12,15H,8H2,1-5H3. The fourth-order valence-electron chi connectivity index (χ4n) is 2.23. The van der Waals surface area contributed by atoms with Crippen molar-refractivity contribution in [3.63, 3.8) is 0 Å². The zero-order chi connectivity index (χ0) is 11.6. The summed E-state index contributed by atoms with van der Waals surface area (Å²) in [4.78, 5) is 2.06. The van der Waals surface area contributed by atoms with E-state index in [1.807, 2.05) is 14.1 Å². The molecule has 0 saturated carbocycles. The van der Waals surface area contributed by atoms with Crippen molar-refractivity contribution < 1.29 is 5.11 Å². The van der Waals surface area contributed by atoms with Crippen LogP contribution >= 0.6 is 0 Å². The van der Waals surface area contributed by atoms with Gasteiger partial charge in [0.25, 0.3) is 0 Å². The van der Waals surface area contributed by atoms with Crippen LogP contribution in [-0.2, 0) is 0 Å². The maximum atomic E-state index is 9.43. The Balaban J connectivity index is 3.23. The summed E-state index contributed by atoms with van der Waals surface area (Å²) in [6.45, 7) is 6.49. The van der Waals surface area contributed by atoms with Gasteiger partial charge in [-0.25, -0.2) is 0 Å². The molecule has 0 bridgehead atoms. The highest BCUT2D eigenvalue weighted by molar-refractivity contribution is 5.39. The Morgan fingerprint density at radius 2 is 1.60 bits per heavy atom. The molecular formula is C13H21NO. The fraction of sp³-hybridized carbons (Fsp3) is 0.538. The van der Waals surface area contributed by atoms with Crippen LogP contribution in [0.25, 0.3) is 0 Å². The van der Waals surface area contributed by atoms with Gasteiger partial charge in [-0.1, -0.05) is 17.7 Å². The summed E-state index contributed by atoms with van der Waals surface area (Å²) in [5.74, 6) is 0. The molecule has 0 fully saturated rings. The maximum Gasteiger partial charge on any atom is 0.0628 e. The molecule has 1 unspecified atom stereocenters. The quantitative estimate of drug-likeness (QED) is 0.821. The number of aryl methyl sites for hydroxylation is 3. The molecule has 1 aromatic carbocycles. The number of rotatable bonds is 3. The molecule has 0 radical (unpaired) electrons. The molecule has 0 aliphatic heterocycles. The van der Waals surface area contributed by atoms with Gasteiger partial charge in [0.2, 0.25) is 0 Å². The summed E-state index contributed by atoms with van der Waals surface area (Å²) in [5, 5.41) is 9.43. The second-order valence-corrected chi connectivity index (χ2v) is 4.47. The molecule has 2 heteroatoms. The van der Waals surface area contributed by atoms with Gasteiger partial charge < -0.3 is 10.0 Å². The first kappa shape index (κ1) is 12.2. The lowest BCUT2D eigenvalue weighted by atomic mass is 9.94. The molecule has 1 atom stereocenters. The Morgan fingerprint density at radius 1 is 1.13 bits per heavy atom. The van der Waals surface area contributed by atoms with E-state index in [0.717, 1.165) is 0 Å². The molecule has 84 valence electrons. The van der Waals surface area contributed by atoms with Crippen molar-refractivity contribution in [1.29, 1.82) is 0 Å². The van der Waals surface area contributed by atoms with Crippen LogP contribution in [0.2, 0.25) is 0 Å². The molecule has 0 aliphatic carbocycles. The smallest absolute Gasteiger partial charge is 0.0628 e. The van der Waals surface area contributed by atoms with Gasteiger partial charge in [-0.05, 0) is 51.6 Å². The first-order valence-electron chi connectivity index (χ1n) is 5.32. The van der Waals surface area contributed by atoms with E-state index in [4.69, 9.17) is 0 Å². The molecule has 2 nitrogen and oxygen atoms in total. The Hall–Kier alpha value is -0.860. The van der Waals surface area contributed by atoms with Gasteiger partial charge in [0.05, 0.1) is 12.6 Å². The maximum absolute atomic E-state index is 9.43. The lowest BCUT2D eigenvalue weighted by molar-refractivity contribution is 0.170. The van der Waals surface area contributed by atoms with Gasteiger partial charge in [0.15, 0.2) is 0 Å². The Kier molecular flexibility index (Phi) is 3.89. The monoisotopic (exact) mass is 207 g/mol. The van der Waals surface area contributed by atoms with Gasteiger partial charge in [-0.15, -0.1) is 0 Å². The van der Waals surface area contributed by atoms with E-state index in [1.165, 1.54) is 22.3 Å². The molecule has 0 heterocycles. The Morgan fingerprint density at radius 3 is 1.93 bits per heavy atom. The summed E-state index contributed by atoms with van der Waals surface area (Å²) in [7, 11) is 4.00. The molecule has 0 spiro atoms. The number of hydrogen-bond acceptors (Lipinski definition) is 2. The van der Waals surface area contributed by atoms with Crippen LogP contribution in [-0.4, -0.2) is 30.7 Å².